The number of fused-ring (bicyclic) bond motifs is 1. The zero-order chi connectivity index (χ0) is 11.7. The molecule has 2 N–H and O–H groups in total. The Morgan fingerprint density at radius 1 is 1.56 bits per heavy atom. The summed E-state index contributed by atoms with van der Waals surface area (Å²) in [5, 5.41) is 1.14. The summed E-state index contributed by atoms with van der Waals surface area (Å²) < 4.78 is 1.51. The van der Waals surface area contributed by atoms with Crippen LogP contribution in [0.3, 0.4) is 0 Å². The number of hydrogen-bond donors (Lipinski definition) is 1. The molecule has 0 saturated heterocycles. The third kappa shape index (κ3) is 2.08. The molecular weight excluding hydrogens is 226 g/mol. The Kier molecular flexibility index (Phi) is 2.94. The van der Waals surface area contributed by atoms with Crippen LogP contribution >= 0.6 is 11.6 Å². The Hall–Kier alpha value is -1.39. The summed E-state index contributed by atoms with van der Waals surface area (Å²) in [6, 6.07) is 4.96. The van der Waals surface area contributed by atoms with E-state index in [-0.39, 0.29) is 11.6 Å². The molecule has 16 heavy (non-hydrogen) atoms. The van der Waals surface area contributed by atoms with Gasteiger partial charge in [0.1, 0.15) is 0 Å². The van der Waals surface area contributed by atoms with Gasteiger partial charge >= 0.3 is 0 Å². The lowest BCUT2D eigenvalue weighted by molar-refractivity contribution is 0.570. The van der Waals surface area contributed by atoms with Crippen LogP contribution in [0.4, 0.5) is 0 Å². The lowest BCUT2D eigenvalue weighted by Crippen LogP contribution is -2.30. The number of halogens is 1. The summed E-state index contributed by atoms with van der Waals surface area (Å²) in [7, 11) is 0. The Bertz CT molecular complexity index is 577. The molecule has 4 nitrogen and oxygen atoms in total. The van der Waals surface area contributed by atoms with E-state index in [1.165, 1.54) is 10.9 Å². The average Bonchev–Trinajstić information content (AvgIpc) is 2.22. The molecule has 0 aliphatic rings. The molecule has 84 valence electrons. The first kappa shape index (κ1) is 11.1. The number of nitrogens with zero attached hydrogens (tertiary/aromatic N) is 2. The van der Waals surface area contributed by atoms with Crippen molar-refractivity contribution in [1.82, 2.24) is 9.55 Å². The van der Waals surface area contributed by atoms with Crippen molar-refractivity contribution >= 4 is 22.5 Å². The standard InChI is InChI=1S/C11H12ClN3O/c1-7(13)5-15-6-14-10-4-8(12)2-3-9(10)11(15)16/h2-4,6-7H,5,13H2,1H3. The van der Waals surface area contributed by atoms with Crippen molar-refractivity contribution in [3.8, 4) is 0 Å². The van der Waals surface area contributed by atoms with Crippen LogP contribution in [0.15, 0.2) is 29.3 Å². The zero-order valence-corrected chi connectivity index (χ0v) is 9.61. The van der Waals surface area contributed by atoms with E-state index in [0.717, 1.165) is 0 Å². The number of nitrogens with two attached hydrogens (primary N) is 1. The summed E-state index contributed by atoms with van der Waals surface area (Å²) in [5.41, 5.74) is 6.18. The van der Waals surface area contributed by atoms with E-state index in [2.05, 4.69) is 4.98 Å². The van der Waals surface area contributed by atoms with E-state index in [1.807, 2.05) is 6.92 Å². The van der Waals surface area contributed by atoms with Gasteiger partial charge in [-0.2, -0.15) is 0 Å². The van der Waals surface area contributed by atoms with Gasteiger partial charge in [0, 0.05) is 17.6 Å². The van der Waals surface area contributed by atoms with Crippen molar-refractivity contribution in [3.05, 3.63) is 39.9 Å². The summed E-state index contributed by atoms with van der Waals surface area (Å²) in [4.78, 5) is 16.2. The molecule has 0 aliphatic heterocycles. The van der Waals surface area contributed by atoms with Gasteiger partial charge in [0.2, 0.25) is 0 Å². The van der Waals surface area contributed by atoms with E-state index in [0.29, 0.717) is 22.5 Å². The quantitative estimate of drug-likeness (QED) is 0.859. The molecule has 1 aromatic carbocycles. The molecular formula is C11H12ClN3O. The number of hydrogen-bond acceptors (Lipinski definition) is 3. The minimum atomic E-state index is -0.0843. The van der Waals surface area contributed by atoms with Crippen molar-refractivity contribution in [2.24, 2.45) is 5.73 Å². The monoisotopic (exact) mass is 237 g/mol. The van der Waals surface area contributed by atoms with Gasteiger partial charge in [0.25, 0.3) is 5.56 Å². The summed E-state index contributed by atoms with van der Waals surface area (Å²) in [6.07, 6.45) is 1.50. The highest BCUT2D eigenvalue weighted by atomic mass is 35.5. The van der Waals surface area contributed by atoms with Gasteiger partial charge in [-0.1, -0.05) is 11.6 Å². The van der Waals surface area contributed by atoms with Crippen molar-refractivity contribution in [2.75, 3.05) is 0 Å². The molecule has 1 heterocycles. The van der Waals surface area contributed by atoms with Crippen LogP contribution in [0.25, 0.3) is 10.9 Å². The Balaban J connectivity index is 2.61. The fraction of sp³-hybridized carbons (Fsp3) is 0.273. The lowest BCUT2D eigenvalue weighted by atomic mass is 10.2. The highest BCUT2D eigenvalue weighted by Gasteiger charge is 2.05. The summed E-state index contributed by atoms with van der Waals surface area (Å²) in [5.74, 6) is 0. The molecule has 2 rings (SSSR count). The van der Waals surface area contributed by atoms with Crippen LogP contribution in [0.5, 0.6) is 0 Å². The fourth-order valence-corrected chi connectivity index (χ4v) is 1.74. The molecule has 0 bridgehead atoms. The van der Waals surface area contributed by atoms with Gasteiger partial charge in [-0.3, -0.25) is 9.36 Å². The lowest BCUT2D eigenvalue weighted by Gasteiger charge is -2.08. The molecule has 1 unspecified atom stereocenters. The minimum absolute atomic E-state index is 0.0794. The number of aromatic nitrogens is 2. The zero-order valence-electron chi connectivity index (χ0n) is 8.85. The first-order valence-electron chi connectivity index (χ1n) is 4.98. The minimum Gasteiger partial charge on any atom is -0.326 e. The van der Waals surface area contributed by atoms with Crippen LogP contribution in [0.1, 0.15) is 6.92 Å². The van der Waals surface area contributed by atoms with Crippen molar-refractivity contribution in [1.29, 1.82) is 0 Å². The van der Waals surface area contributed by atoms with E-state index < -0.39 is 0 Å². The van der Waals surface area contributed by atoms with E-state index in [4.69, 9.17) is 17.3 Å². The maximum atomic E-state index is 12.0. The van der Waals surface area contributed by atoms with Crippen LogP contribution in [-0.2, 0) is 6.54 Å². The Morgan fingerprint density at radius 2 is 2.31 bits per heavy atom. The Morgan fingerprint density at radius 3 is 3.00 bits per heavy atom. The number of rotatable bonds is 2. The van der Waals surface area contributed by atoms with Crippen LogP contribution in [0, 0.1) is 0 Å². The maximum Gasteiger partial charge on any atom is 0.261 e. The third-order valence-corrected chi connectivity index (χ3v) is 2.51. The van der Waals surface area contributed by atoms with E-state index >= 15 is 0 Å². The van der Waals surface area contributed by atoms with E-state index in [9.17, 15) is 4.79 Å². The highest BCUT2D eigenvalue weighted by molar-refractivity contribution is 6.31. The molecule has 0 radical (unpaired) electrons. The van der Waals surface area contributed by atoms with Gasteiger partial charge in [0.15, 0.2) is 0 Å². The van der Waals surface area contributed by atoms with Gasteiger partial charge in [-0.15, -0.1) is 0 Å². The average molecular weight is 238 g/mol. The second-order valence-electron chi connectivity index (χ2n) is 3.84. The molecule has 2 aromatic rings. The molecule has 0 fully saturated rings. The second-order valence-corrected chi connectivity index (χ2v) is 4.28. The van der Waals surface area contributed by atoms with Crippen molar-refractivity contribution < 1.29 is 0 Å². The maximum absolute atomic E-state index is 12.0. The molecule has 0 saturated carbocycles. The molecule has 5 heteroatoms. The first-order valence-corrected chi connectivity index (χ1v) is 5.36. The summed E-state index contributed by atoms with van der Waals surface area (Å²) >= 11 is 5.83. The van der Waals surface area contributed by atoms with Crippen LogP contribution < -0.4 is 11.3 Å². The smallest absolute Gasteiger partial charge is 0.261 e. The van der Waals surface area contributed by atoms with Crippen LogP contribution in [0.2, 0.25) is 5.02 Å². The first-order chi connectivity index (χ1) is 7.58. The van der Waals surface area contributed by atoms with Gasteiger partial charge in [-0.25, -0.2) is 4.98 Å². The van der Waals surface area contributed by atoms with Gasteiger partial charge in [-0.05, 0) is 25.1 Å². The molecule has 0 aliphatic carbocycles. The predicted octanol–water partition coefficient (Wildman–Crippen LogP) is 1.40. The second kappa shape index (κ2) is 4.23. The number of benzene rings is 1. The molecule has 1 aromatic heterocycles. The van der Waals surface area contributed by atoms with E-state index in [1.54, 1.807) is 18.2 Å². The fourth-order valence-electron chi connectivity index (χ4n) is 1.57. The SMILES string of the molecule is CC(N)Cn1cnc2cc(Cl)ccc2c1=O. The van der Waals surface area contributed by atoms with Gasteiger partial charge in [0.05, 0.1) is 17.2 Å². The highest BCUT2D eigenvalue weighted by Crippen LogP contribution is 2.13. The Labute approximate surface area is 97.7 Å². The summed E-state index contributed by atoms with van der Waals surface area (Å²) in [6.45, 7) is 2.31. The normalized spacial score (nSPS) is 12.9. The van der Waals surface area contributed by atoms with Crippen molar-refractivity contribution in [3.63, 3.8) is 0 Å². The molecule has 1 atom stereocenters. The molecule has 0 spiro atoms. The largest absolute Gasteiger partial charge is 0.326 e. The predicted molar refractivity (Wildman–Crippen MR) is 64.7 cm³/mol. The third-order valence-electron chi connectivity index (χ3n) is 2.27. The van der Waals surface area contributed by atoms with Gasteiger partial charge < -0.3 is 5.73 Å². The van der Waals surface area contributed by atoms with Crippen molar-refractivity contribution in [2.45, 2.75) is 19.5 Å². The van der Waals surface area contributed by atoms with Crippen LogP contribution in [-0.4, -0.2) is 15.6 Å². The topological polar surface area (TPSA) is 60.9 Å². The molecule has 0 amide bonds.